The Bertz CT molecular complexity index is 3620. The standard InChI is InChI=1S/C19H32N2O6.C18H30N2O7.C17H29NO5.C16H28N2O5.C11H19N3O3.C11H21NO3/c1-7-16(24)20-18-12(4)11(3)15(9-26-14(6)23)27-19(18)21-17(25)8-10(2)13(5)22;1-6-14(22)19-16-11(4)10(3)13(8-26-12(5)21)27-17(16)20-15(23)7-9(2)18(24)25;1-9(13(5)19)7-16(21)18-17-12(4)10(2)11(3)15(23-17)8-22-14(6)20;1-8(11(4)19)6-14(21)18-16-15(17)10(3)9(2)13(23-16)7-22-12(5)20;1-6-7(2)10(5-16-9(4)15)17-11(8(6)3)13-14-12;1-6-7(2)10(5-14-9(4)13)15-11(12)8(6)3/h10-12,15,18-19H,7-9H2,1-6H3,(H,20,24)(H,21,25);9-11,13,16-17H,6-8H2,1-5H3,(H,19,22)(H,20,23)(H,24,25);9-12,15,17H,7-8H2,1-6H3,(H,18,21);8-10,13,15-16H,6-7,17H2,1-5H3,(H,18,21);6-8,10-11H,5H2,1-4H3;6-8,10-11H,5,12H2,1-4H3/t10-,11-,12-,15?,18?,19+;9-,10-,11-,13?,16?,17+;9-,10-,11-,12?,15?,17+;8-,9-,10-,13?,15?,16+;2*6-,7-,8?,10?,11+/m000000/s1. The number of carbonyl (C=O) groups is 16. The predicted molar refractivity (Wildman–Crippen MR) is 482 cm³/mol. The van der Waals surface area contributed by atoms with Crippen LogP contribution < -0.4 is 43.4 Å². The van der Waals surface area contributed by atoms with Crippen molar-refractivity contribution in [3.8, 4) is 0 Å². The van der Waals surface area contributed by atoms with E-state index < -0.39 is 91.1 Å². The molecule has 6 rings (SSSR count). The van der Waals surface area contributed by atoms with E-state index >= 15 is 0 Å². The zero-order valence-electron chi connectivity index (χ0n) is 83.5. The summed E-state index contributed by atoms with van der Waals surface area (Å²) < 4.78 is 65.1. The molecule has 34 atom stereocenters. The molecule has 0 radical (unpaired) electrons. The number of esters is 6. The normalized spacial score (nSPS) is 32.4. The summed E-state index contributed by atoms with van der Waals surface area (Å²) in [5.74, 6) is -4.21. The van der Waals surface area contributed by atoms with Gasteiger partial charge in [-0.05, 0) is 109 Å². The molecule has 11 N–H and O–H groups in total. The molecule has 0 spiro atoms. The number of aliphatic carboxylic acids is 1. The summed E-state index contributed by atoms with van der Waals surface area (Å²) in [4.78, 5) is 186. The number of amides is 6. The summed E-state index contributed by atoms with van der Waals surface area (Å²) in [6.07, 6.45) is -4.48. The number of carboxylic acids is 1. The number of ether oxygens (including phenoxy) is 12. The van der Waals surface area contributed by atoms with Gasteiger partial charge in [-0.15, -0.1) is 0 Å². The Labute approximate surface area is 779 Å². The largest absolute Gasteiger partial charge is 0.481 e. The van der Waals surface area contributed by atoms with Crippen molar-refractivity contribution in [2.45, 2.75) is 338 Å². The zero-order chi connectivity index (χ0) is 101. The Balaban J connectivity index is 0.000000800. The molecule has 12 unspecified atom stereocenters. The molecule has 6 saturated heterocycles. The first kappa shape index (κ1) is 121. The van der Waals surface area contributed by atoms with E-state index in [9.17, 15) is 76.7 Å². The fourth-order valence-corrected chi connectivity index (χ4v) is 15.2. The van der Waals surface area contributed by atoms with Crippen LogP contribution in [0.1, 0.15) is 246 Å². The lowest BCUT2D eigenvalue weighted by Gasteiger charge is -2.45. The van der Waals surface area contributed by atoms with E-state index in [4.69, 9.17) is 78.9 Å². The number of nitrogens with two attached hydrogens (primary N) is 2. The summed E-state index contributed by atoms with van der Waals surface area (Å²) in [6, 6.07) is -1.27. The Kier molecular flexibility index (Phi) is 54.8. The van der Waals surface area contributed by atoms with E-state index in [0.717, 1.165) is 0 Å². The topological polar surface area (TPSA) is 577 Å². The van der Waals surface area contributed by atoms with Crippen molar-refractivity contribution in [3.05, 3.63) is 10.4 Å². The lowest BCUT2D eigenvalue weighted by molar-refractivity contribution is -0.178. The van der Waals surface area contributed by atoms with Gasteiger partial charge in [0.15, 0.2) is 12.5 Å². The number of nitrogens with zero attached hydrogens (tertiary/aromatic N) is 3. The third-order valence-corrected chi connectivity index (χ3v) is 27.0. The minimum absolute atomic E-state index is 0.00389. The number of nitrogens with one attached hydrogen (secondary N) is 6. The van der Waals surface area contributed by atoms with Crippen molar-refractivity contribution in [3.63, 3.8) is 0 Å². The maximum atomic E-state index is 12.3. The number of azide groups is 1. The van der Waals surface area contributed by atoms with Crippen molar-refractivity contribution >= 4 is 94.6 Å². The van der Waals surface area contributed by atoms with Gasteiger partial charge in [0, 0.05) is 109 Å². The van der Waals surface area contributed by atoms with Gasteiger partial charge >= 0.3 is 41.8 Å². The maximum Gasteiger partial charge on any atom is 0.306 e. The number of carboxylic acid groups (broad SMARTS) is 1. The molecular weight excluding hydrogens is 1720 g/mol. The summed E-state index contributed by atoms with van der Waals surface area (Å²) in [6.45, 7) is 53.9. The molecule has 40 nitrogen and oxygen atoms in total. The van der Waals surface area contributed by atoms with E-state index in [-0.39, 0.29) is 244 Å². The monoisotopic (exact) mass is 1880 g/mol. The van der Waals surface area contributed by atoms with Crippen molar-refractivity contribution in [2.24, 2.45) is 129 Å². The second kappa shape index (κ2) is 59.8. The van der Waals surface area contributed by atoms with Crippen LogP contribution in [0.5, 0.6) is 0 Å². The van der Waals surface area contributed by atoms with Crippen molar-refractivity contribution in [2.75, 3.05) is 39.6 Å². The molecule has 0 aromatic heterocycles. The van der Waals surface area contributed by atoms with Gasteiger partial charge < -0.3 is 105 Å². The third-order valence-electron chi connectivity index (χ3n) is 27.0. The number of hydrogen-bond acceptors (Lipinski definition) is 31. The molecule has 0 saturated carbocycles. The lowest BCUT2D eigenvalue weighted by Crippen LogP contribution is -2.63. The lowest BCUT2D eigenvalue weighted by atomic mass is 9.78. The van der Waals surface area contributed by atoms with E-state index in [1.54, 1.807) is 34.6 Å². The van der Waals surface area contributed by atoms with Crippen molar-refractivity contribution < 1.29 is 139 Å². The van der Waals surface area contributed by atoms with Crippen LogP contribution in [0.4, 0.5) is 0 Å². The van der Waals surface area contributed by atoms with Crippen LogP contribution in [-0.4, -0.2) is 231 Å². The predicted octanol–water partition coefficient (Wildman–Crippen LogP) is 7.99. The second-order valence-electron chi connectivity index (χ2n) is 36.8. The van der Waals surface area contributed by atoms with Crippen molar-refractivity contribution in [1.29, 1.82) is 0 Å². The molecule has 0 aliphatic carbocycles. The highest BCUT2D eigenvalue weighted by Crippen LogP contribution is 2.39. The first-order valence-corrected chi connectivity index (χ1v) is 46.1. The highest BCUT2D eigenvalue weighted by molar-refractivity contribution is 5.87. The Hall–Kier alpha value is -8.89. The van der Waals surface area contributed by atoms with Gasteiger partial charge in [-0.3, -0.25) is 76.7 Å². The molecule has 40 heteroatoms. The Morgan fingerprint density at radius 1 is 0.318 bits per heavy atom. The minimum atomic E-state index is -1.07. The molecule has 132 heavy (non-hydrogen) atoms. The molecule has 6 aliphatic rings. The van der Waals surface area contributed by atoms with Gasteiger partial charge in [0.05, 0.1) is 60.7 Å². The summed E-state index contributed by atoms with van der Waals surface area (Å²) in [7, 11) is 0. The molecule has 6 heterocycles. The van der Waals surface area contributed by atoms with Crippen LogP contribution in [0.3, 0.4) is 0 Å². The zero-order valence-corrected chi connectivity index (χ0v) is 83.5. The summed E-state index contributed by atoms with van der Waals surface area (Å²) in [5.41, 5.74) is 20.5. The highest BCUT2D eigenvalue weighted by Gasteiger charge is 2.48. The molecule has 6 amide bonds. The number of ketones is 3. The second-order valence-corrected chi connectivity index (χ2v) is 36.8. The number of rotatable bonds is 33. The van der Waals surface area contributed by atoms with Crippen LogP contribution in [0.25, 0.3) is 10.4 Å². The van der Waals surface area contributed by atoms with Gasteiger partial charge in [-0.25, -0.2) is 0 Å². The van der Waals surface area contributed by atoms with Gasteiger partial charge in [0.2, 0.25) is 35.4 Å². The fourth-order valence-electron chi connectivity index (χ4n) is 15.2. The quantitative estimate of drug-likeness (QED) is 0.00987. The molecule has 6 fully saturated rings. The van der Waals surface area contributed by atoms with Gasteiger partial charge in [0.1, 0.15) is 81.9 Å². The maximum absolute atomic E-state index is 12.3. The first-order chi connectivity index (χ1) is 61.3. The molecular formula is C92H159N11O29. The Morgan fingerprint density at radius 2 is 0.568 bits per heavy atom. The minimum Gasteiger partial charge on any atom is -0.481 e. The van der Waals surface area contributed by atoms with E-state index in [2.05, 4.69) is 90.4 Å². The first-order valence-electron chi connectivity index (χ1n) is 46.1. The van der Waals surface area contributed by atoms with E-state index in [0.29, 0.717) is 42.6 Å². The van der Waals surface area contributed by atoms with E-state index in [1.165, 1.54) is 69.2 Å². The molecule has 0 aromatic rings. The van der Waals surface area contributed by atoms with Crippen LogP contribution in [0.2, 0.25) is 0 Å². The van der Waals surface area contributed by atoms with Crippen LogP contribution in [-0.2, 0) is 134 Å². The smallest absolute Gasteiger partial charge is 0.306 e. The SMILES string of the molecule is CC(=O)OCC1O[C@@H](N)C(C)[C@@H](C)[C@@H]1C.CC(=O)OCC1O[C@@H](N=[N+]=[N-])C(C)[C@@H](C)[C@@H]1C.CC(=O)OCC1O[C@@H](NC(=O)C[C@H](C)C(C)=O)C(C)[C@@H](C)[C@@H]1C.CC(=O)OCC1O[C@@H](NC(=O)C[C@H](C)C(C)=O)C(N)[C@@H](C)[C@@H]1C.CCC(=O)NC1[C@H](NC(=O)C[C@H](C)C(=O)O)OC(COC(C)=O)[C@@H](C)[C@@H]1C.CCC(=O)NC1[C@H](NC(=O)C[C@H](C)C(C)=O)OC(COC(C)=O)[C@@H](C)[C@@H]1C. The average Bonchev–Trinajstić information content (AvgIpc) is 0.965. The van der Waals surface area contributed by atoms with Crippen molar-refractivity contribution in [1.82, 2.24) is 31.9 Å². The molecule has 0 bridgehead atoms. The van der Waals surface area contributed by atoms with Crippen LogP contribution in [0, 0.1) is 112 Å². The summed E-state index contributed by atoms with van der Waals surface area (Å²) in [5, 5.41) is 29.5. The van der Waals surface area contributed by atoms with Gasteiger partial charge in [0.25, 0.3) is 0 Å². The molecule has 6 aliphatic heterocycles. The molecule has 756 valence electrons. The third kappa shape index (κ3) is 41.9. The number of carbonyl (C=O) groups excluding carboxylic acids is 15. The van der Waals surface area contributed by atoms with Crippen LogP contribution in [0.15, 0.2) is 5.11 Å². The molecule has 0 aromatic carbocycles. The van der Waals surface area contributed by atoms with Gasteiger partial charge in [-0.1, -0.05) is 151 Å². The summed E-state index contributed by atoms with van der Waals surface area (Å²) >= 11 is 0. The van der Waals surface area contributed by atoms with Gasteiger partial charge in [-0.2, -0.15) is 0 Å². The number of Topliss-reactive ketones (excluding diaryl/α,β-unsaturated/α-hetero) is 3. The Morgan fingerprint density at radius 3 is 0.864 bits per heavy atom. The fraction of sp³-hybridized carbons (Fsp3) is 0.826. The van der Waals surface area contributed by atoms with E-state index in [1.807, 2.05) is 55.4 Å². The highest BCUT2D eigenvalue weighted by atomic mass is 16.6. The number of hydrogen-bond donors (Lipinski definition) is 9. The average molecular weight is 1880 g/mol. The van der Waals surface area contributed by atoms with Crippen LogP contribution >= 0.6 is 0 Å².